The molecule has 0 fully saturated rings. The van der Waals surface area contributed by atoms with Crippen LogP contribution in [0, 0.1) is 11.3 Å². The molecule has 1 aromatic carbocycles. The summed E-state index contributed by atoms with van der Waals surface area (Å²) in [5.74, 6) is -1.03. The van der Waals surface area contributed by atoms with Gasteiger partial charge in [0, 0.05) is 11.1 Å². The molecule has 0 radical (unpaired) electrons. The Morgan fingerprint density at radius 2 is 2.29 bits per heavy atom. The molecule has 0 spiro atoms. The van der Waals surface area contributed by atoms with Crippen molar-refractivity contribution in [1.29, 1.82) is 5.26 Å². The number of rotatable bonds is 2. The molecule has 1 amide bonds. The Morgan fingerprint density at radius 1 is 1.64 bits per heavy atom. The third kappa shape index (κ3) is 1.83. The number of carbonyl (C=O) groups is 1. The second-order valence-corrected chi connectivity index (χ2v) is 2.99. The minimum Gasteiger partial charge on any atom is -0.508 e. The normalized spacial score (nSPS) is 11.7. The molecule has 3 N–H and O–H groups in total. The van der Waals surface area contributed by atoms with Crippen molar-refractivity contribution in [2.45, 2.75) is 12.8 Å². The van der Waals surface area contributed by atoms with Gasteiger partial charge in [-0.15, -0.1) is 0 Å². The van der Waals surface area contributed by atoms with Crippen molar-refractivity contribution in [3.63, 3.8) is 0 Å². The fourth-order valence-electron chi connectivity index (χ4n) is 1.12. The number of nitriles is 1. The second kappa shape index (κ2) is 3.79. The van der Waals surface area contributed by atoms with Crippen LogP contribution in [0.4, 0.5) is 0 Å². The Balaban J connectivity index is 3.23. The highest BCUT2D eigenvalue weighted by Crippen LogP contribution is 2.25. The molecule has 0 aliphatic rings. The Bertz CT molecular complexity index is 407. The largest absolute Gasteiger partial charge is 0.508 e. The van der Waals surface area contributed by atoms with E-state index in [0.29, 0.717) is 11.1 Å². The maximum Gasteiger partial charge on any atom is 0.248 e. The third-order valence-electron chi connectivity index (χ3n) is 1.97. The van der Waals surface area contributed by atoms with Crippen LogP contribution in [0.1, 0.15) is 28.8 Å². The quantitative estimate of drug-likeness (QED) is 0.732. The number of hydrogen-bond donors (Lipinski definition) is 2. The van der Waals surface area contributed by atoms with Crippen LogP contribution in [0.25, 0.3) is 0 Å². The molecule has 0 aromatic heterocycles. The van der Waals surface area contributed by atoms with E-state index < -0.39 is 11.8 Å². The van der Waals surface area contributed by atoms with Crippen molar-refractivity contribution >= 4 is 5.91 Å². The summed E-state index contributed by atoms with van der Waals surface area (Å²) >= 11 is 0. The van der Waals surface area contributed by atoms with E-state index in [2.05, 4.69) is 0 Å². The van der Waals surface area contributed by atoms with Crippen molar-refractivity contribution in [3.8, 4) is 11.8 Å². The first kappa shape index (κ1) is 10.1. The van der Waals surface area contributed by atoms with Crippen molar-refractivity contribution in [2.24, 2.45) is 5.73 Å². The first-order chi connectivity index (χ1) is 6.56. The van der Waals surface area contributed by atoms with E-state index in [9.17, 15) is 9.90 Å². The van der Waals surface area contributed by atoms with Gasteiger partial charge < -0.3 is 10.8 Å². The van der Waals surface area contributed by atoms with Crippen LogP contribution in [-0.2, 0) is 0 Å². The molecule has 1 unspecified atom stereocenters. The molecule has 0 saturated heterocycles. The highest BCUT2D eigenvalue weighted by atomic mass is 16.3. The summed E-state index contributed by atoms with van der Waals surface area (Å²) < 4.78 is 0. The van der Waals surface area contributed by atoms with E-state index >= 15 is 0 Å². The number of amides is 1. The number of nitrogens with two attached hydrogens (primary N) is 1. The zero-order valence-electron chi connectivity index (χ0n) is 7.69. The summed E-state index contributed by atoms with van der Waals surface area (Å²) in [5.41, 5.74) is 5.78. The molecule has 1 rings (SSSR count). The highest BCUT2D eigenvalue weighted by molar-refractivity contribution is 5.93. The fourth-order valence-corrected chi connectivity index (χ4v) is 1.12. The Hall–Kier alpha value is -2.02. The Kier molecular flexibility index (Phi) is 2.73. The smallest absolute Gasteiger partial charge is 0.248 e. The van der Waals surface area contributed by atoms with Gasteiger partial charge in [0.25, 0.3) is 0 Å². The first-order valence-electron chi connectivity index (χ1n) is 4.08. The van der Waals surface area contributed by atoms with Crippen molar-refractivity contribution in [1.82, 2.24) is 0 Å². The predicted molar refractivity (Wildman–Crippen MR) is 50.7 cm³/mol. The number of hydrogen-bond acceptors (Lipinski definition) is 3. The monoisotopic (exact) mass is 190 g/mol. The van der Waals surface area contributed by atoms with Crippen molar-refractivity contribution in [3.05, 3.63) is 29.3 Å². The van der Waals surface area contributed by atoms with Crippen LogP contribution in [0.5, 0.6) is 5.75 Å². The van der Waals surface area contributed by atoms with Crippen LogP contribution >= 0.6 is 0 Å². The van der Waals surface area contributed by atoms with Gasteiger partial charge in [0.1, 0.15) is 5.75 Å². The lowest BCUT2D eigenvalue weighted by atomic mass is 9.99. The van der Waals surface area contributed by atoms with Gasteiger partial charge in [-0.1, -0.05) is 0 Å². The standard InChI is InChI=1S/C10H10N2O2/c1-6(5-11)8-4-7(10(12)14)2-3-9(8)13/h2-4,6,13H,1H3,(H2,12,14). The molecule has 4 heteroatoms. The van der Waals surface area contributed by atoms with Gasteiger partial charge >= 0.3 is 0 Å². The minimum absolute atomic E-state index is 0.00375. The van der Waals surface area contributed by atoms with Crippen LogP contribution in [0.3, 0.4) is 0 Å². The van der Waals surface area contributed by atoms with Crippen LogP contribution in [0.15, 0.2) is 18.2 Å². The van der Waals surface area contributed by atoms with Crippen LogP contribution in [0.2, 0.25) is 0 Å². The molecule has 0 saturated carbocycles. The topological polar surface area (TPSA) is 87.1 Å². The maximum atomic E-state index is 10.8. The summed E-state index contributed by atoms with van der Waals surface area (Å²) in [6.07, 6.45) is 0. The lowest BCUT2D eigenvalue weighted by Crippen LogP contribution is -2.11. The molecule has 14 heavy (non-hydrogen) atoms. The zero-order chi connectivity index (χ0) is 10.7. The number of phenolic OH excluding ortho intramolecular Hbond substituents is 1. The lowest BCUT2D eigenvalue weighted by Gasteiger charge is -2.06. The Morgan fingerprint density at radius 3 is 2.79 bits per heavy atom. The second-order valence-electron chi connectivity index (χ2n) is 2.99. The molecule has 0 heterocycles. The van der Waals surface area contributed by atoms with Crippen LogP contribution < -0.4 is 5.73 Å². The van der Waals surface area contributed by atoms with E-state index in [1.54, 1.807) is 6.92 Å². The average molecular weight is 190 g/mol. The summed E-state index contributed by atoms with van der Waals surface area (Å²) in [6, 6.07) is 6.20. The molecule has 1 atom stereocenters. The van der Waals surface area contributed by atoms with E-state index in [1.165, 1.54) is 18.2 Å². The van der Waals surface area contributed by atoms with Gasteiger partial charge in [-0.2, -0.15) is 5.26 Å². The van der Waals surface area contributed by atoms with Gasteiger partial charge in [0.15, 0.2) is 0 Å². The lowest BCUT2D eigenvalue weighted by molar-refractivity contribution is 0.1000. The predicted octanol–water partition coefficient (Wildman–Crippen LogP) is 1.12. The van der Waals surface area contributed by atoms with Crippen molar-refractivity contribution < 1.29 is 9.90 Å². The molecule has 0 aliphatic carbocycles. The van der Waals surface area contributed by atoms with Gasteiger partial charge in [0.2, 0.25) is 5.91 Å². The number of carbonyl (C=O) groups excluding carboxylic acids is 1. The minimum atomic E-state index is -0.573. The van der Waals surface area contributed by atoms with Gasteiger partial charge in [-0.3, -0.25) is 4.79 Å². The van der Waals surface area contributed by atoms with Gasteiger partial charge in [0.05, 0.1) is 12.0 Å². The summed E-state index contributed by atoms with van der Waals surface area (Å²) in [6.45, 7) is 1.64. The van der Waals surface area contributed by atoms with Gasteiger partial charge in [-0.05, 0) is 25.1 Å². The number of aromatic hydroxyl groups is 1. The molecular weight excluding hydrogens is 180 g/mol. The summed E-state index contributed by atoms with van der Waals surface area (Å²) in [7, 11) is 0. The summed E-state index contributed by atoms with van der Waals surface area (Å²) in [5, 5.41) is 18.1. The number of phenols is 1. The van der Waals surface area contributed by atoms with Gasteiger partial charge in [-0.25, -0.2) is 0 Å². The zero-order valence-corrected chi connectivity index (χ0v) is 7.69. The molecular formula is C10H10N2O2. The molecule has 0 bridgehead atoms. The van der Waals surface area contributed by atoms with E-state index in [0.717, 1.165) is 0 Å². The summed E-state index contributed by atoms with van der Waals surface area (Å²) in [4.78, 5) is 10.8. The molecule has 72 valence electrons. The van der Waals surface area contributed by atoms with E-state index in [4.69, 9.17) is 11.0 Å². The third-order valence-corrected chi connectivity index (χ3v) is 1.97. The van der Waals surface area contributed by atoms with E-state index in [1.807, 2.05) is 6.07 Å². The SMILES string of the molecule is CC(C#N)c1cc(C(N)=O)ccc1O. The molecule has 4 nitrogen and oxygen atoms in total. The number of primary amides is 1. The van der Waals surface area contributed by atoms with Crippen molar-refractivity contribution in [2.75, 3.05) is 0 Å². The Labute approximate surface area is 81.6 Å². The highest BCUT2D eigenvalue weighted by Gasteiger charge is 2.11. The number of benzene rings is 1. The average Bonchev–Trinajstić information content (AvgIpc) is 2.17. The fraction of sp³-hybridized carbons (Fsp3) is 0.200. The first-order valence-corrected chi connectivity index (χ1v) is 4.08. The van der Waals surface area contributed by atoms with Crippen LogP contribution in [-0.4, -0.2) is 11.0 Å². The molecule has 0 aliphatic heterocycles. The number of nitrogens with zero attached hydrogens (tertiary/aromatic N) is 1. The maximum absolute atomic E-state index is 10.8. The molecule has 1 aromatic rings. The van der Waals surface area contributed by atoms with E-state index in [-0.39, 0.29) is 5.75 Å².